The molecule has 94 valence electrons. The first-order valence-corrected chi connectivity index (χ1v) is 5.34. The highest BCUT2D eigenvalue weighted by atomic mass is 16.6. The van der Waals surface area contributed by atoms with Gasteiger partial charge in [0.15, 0.2) is 0 Å². The fourth-order valence-electron chi connectivity index (χ4n) is 1.16. The number of benzene rings is 1. The lowest BCUT2D eigenvalue weighted by Crippen LogP contribution is -2.12. The minimum Gasteiger partial charge on any atom is -0.463 e. The predicted octanol–water partition coefficient (Wildman–Crippen LogP) is 2.47. The Labute approximate surface area is 106 Å². The Morgan fingerprint density at radius 1 is 1.11 bits per heavy atom. The number of esters is 2. The molecule has 1 rings (SSSR count). The summed E-state index contributed by atoms with van der Waals surface area (Å²) in [6.45, 7) is 3.47. The standard InChI is InChI=1S/C14H14O4/c1-10(2)9-12(14(16)17-3)18-13(15)11-7-5-4-6-8-11/h4-8H,1-3H3. The van der Waals surface area contributed by atoms with E-state index in [2.05, 4.69) is 10.5 Å². The van der Waals surface area contributed by atoms with Crippen LogP contribution in [0, 0.1) is 0 Å². The van der Waals surface area contributed by atoms with Gasteiger partial charge >= 0.3 is 11.9 Å². The molecule has 0 aromatic heterocycles. The molecule has 0 aliphatic heterocycles. The van der Waals surface area contributed by atoms with Gasteiger partial charge in [0.05, 0.1) is 12.7 Å². The van der Waals surface area contributed by atoms with Crippen LogP contribution in [-0.2, 0) is 14.3 Å². The van der Waals surface area contributed by atoms with Crippen molar-refractivity contribution in [2.45, 2.75) is 13.8 Å². The van der Waals surface area contributed by atoms with Crippen LogP contribution in [0.25, 0.3) is 0 Å². The van der Waals surface area contributed by atoms with Crippen molar-refractivity contribution >= 4 is 11.9 Å². The Balaban J connectivity index is 2.97. The summed E-state index contributed by atoms with van der Waals surface area (Å²) in [7, 11) is 1.21. The van der Waals surface area contributed by atoms with Crippen molar-refractivity contribution in [2.24, 2.45) is 0 Å². The molecule has 0 amide bonds. The van der Waals surface area contributed by atoms with Gasteiger partial charge in [0.1, 0.15) is 0 Å². The minimum atomic E-state index is -0.736. The number of carbonyl (C=O) groups excluding carboxylic acids is 2. The average Bonchev–Trinajstić information content (AvgIpc) is 2.37. The van der Waals surface area contributed by atoms with E-state index in [0.717, 1.165) is 0 Å². The van der Waals surface area contributed by atoms with E-state index < -0.39 is 11.9 Å². The lowest BCUT2D eigenvalue weighted by molar-refractivity contribution is -0.139. The zero-order valence-electron chi connectivity index (χ0n) is 10.5. The average molecular weight is 246 g/mol. The molecule has 4 nitrogen and oxygen atoms in total. The molecular formula is C14H14O4. The SMILES string of the molecule is COC(=O)C(=C=C(C)C)OC(=O)c1ccccc1. The van der Waals surface area contributed by atoms with Crippen LogP contribution in [0.4, 0.5) is 0 Å². The van der Waals surface area contributed by atoms with Gasteiger partial charge in [-0.3, -0.25) is 0 Å². The Kier molecular flexibility index (Phi) is 4.90. The molecule has 0 N–H and O–H groups in total. The van der Waals surface area contributed by atoms with Crippen LogP contribution in [0.1, 0.15) is 24.2 Å². The second-order valence-corrected chi connectivity index (χ2v) is 3.70. The number of ether oxygens (including phenoxy) is 2. The number of rotatable bonds is 3. The van der Waals surface area contributed by atoms with Gasteiger partial charge in [0.2, 0.25) is 0 Å². The molecule has 1 aromatic rings. The summed E-state index contributed by atoms with van der Waals surface area (Å²) < 4.78 is 9.49. The number of methoxy groups -OCH3 is 1. The van der Waals surface area contributed by atoms with E-state index in [4.69, 9.17) is 4.74 Å². The Morgan fingerprint density at radius 3 is 2.22 bits per heavy atom. The summed E-state index contributed by atoms with van der Waals surface area (Å²) in [5, 5.41) is 0. The molecule has 0 saturated carbocycles. The smallest absolute Gasteiger partial charge is 0.382 e. The fraction of sp³-hybridized carbons (Fsp3) is 0.214. The summed E-state index contributed by atoms with van der Waals surface area (Å²) >= 11 is 0. The first kappa shape index (κ1) is 13.7. The lowest BCUT2D eigenvalue weighted by atomic mass is 10.2. The fourth-order valence-corrected chi connectivity index (χ4v) is 1.16. The molecule has 0 saturated heterocycles. The monoisotopic (exact) mass is 246 g/mol. The van der Waals surface area contributed by atoms with Gasteiger partial charge < -0.3 is 9.47 Å². The van der Waals surface area contributed by atoms with Gasteiger partial charge in [-0.05, 0) is 31.6 Å². The zero-order valence-corrected chi connectivity index (χ0v) is 10.5. The zero-order chi connectivity index (χ0) is 13.5. The third-order valence-corrected chi connectivity index (χ3v) is 1.94. The summed E-state index contributed by atoms with van der Waals surface area (Å²) in [6, 6.07) is 8.39. The van der Waals surface area contributed by atoms with Crippen LogP contribution in [0.15, 0.2) is 47.4 Å². The third-order valence-electron chi connectivity index (χ3n) is 1.94. The summed E-state index contributed by atoms with van der Waals surface area (Å²) in [5.74, 6) is -1.60. The molecule has 0 unspecified atom stereocenters. The van der Waals surface area contributed by atoms with Crippen molar-refractivity contribution < 1.29 is 19.1 Å². The first-order chi connectivity index (χ1) is 8.54. The molecule has 0 radical (unpaired) electrons. The molecule has 1 aromatic carbocycles. The van der Waals surface area contributed by atoms with Gasteiger partial charge in [0, 0.05) is 0 Å². The molecule has 4 heteroatoms. The minimum absolute atomic E-state index is 0.244. The molecule has 0 spiro atoms. The molecule has 0 aliphatic carbocycles. The summed E-state index contributed by atoms with van der Waals surface area (Å²) in [6.07, 6.45) is 0. The van der Waals surface area contributed by atoms with E-state index in [0.29, 0.717) is 11.1 Å². The third kappa shape index (κ3) is 3.92. The summed E-state index contributed by atoms with van der Waals surface area (Å²) in [5.41, 5.74) is 3.71. The molecule has 0 heterocycles. The maximum Gasteiger partial charge on any atom is 0.382 e. The van der Waals surface area contributed by atoms with Crippen molar-refractivity contribution in [2.75, 3.05) is 7.11 Å². The van der Waals surface area contributed by atoms with E-state index in [1.54, 1.807) is 44.2 Å². The van der Waals surface area contributed by atoms with Gasteiger partial charge in [-0.15, -0.1) is 0 Å². The maximum absolute atomic E-state index is 11.8. The quantitative estimate of drug-likeness (QED) is 0.356. The van der Waals surface area contributed by atoms with Crippen LogP contribution in [0.5, 0.6) is 0 Å². The Hall–Kier alpha value is -2.32. The Morgan fingerprint density at radius 2 is 1.72 bits per heavy atom. The highest BCUT2D eigenvalue weighted by Crippen LogP contribution is 2.07. The number of hydrogen-bond acceptors (Lipinski definition) is 4. The Bertz CT molecular complexity index is 504. The molecular weight excluding hydrogens is 232 g/mol. The largest absolute Gasteiger partial charge is 0.463 e. The van der Waals surface area contributed by atoms with Crippen molar-refractivity contribution in [3.63, 3.8) is 0 Å². The summed E-state index contributed by atoms with van der Waals surface area (Å²) in [4.78, 5) is 23.2. The topological polar surface area (TPSA) is 52.6 Å². The van der Waals surface area contributed by atoms with E-state index in [-0.39, 0.29) is 5.76 Å². The normalized spacial score (nSPS) is 9.06. The van der Waals surface area contributed by atoms with Crippen LogP contribution in [-0.4, -0.2) is 19.0 Å². The molecule has 18 heavy (non-hydrogen) atoms. The molecule has 0 atom stereocenters. The van der Waals surface area contributed by atoms with Crippen LogP contribution < -0.4 is 0 Å². The van der Waals surface area contributed by atoms with Crippen LogP contribution in [0.2, 0.25) is 0 Å². The predicted molar refractivity (Wildman–Crippen MR) is 65.8 cm³/mol. The van der Waals surface area contributed by atoms with Crippen LogP contribution >= 0.6 is 0 Å². The van der Waals surface area contributed by atoms with Crippen molar-refractivity contribution in [3.05, 3.63) is 53.0 Å². The molecule has 0 bridgehead atoms. The number of carbonyl (C=O) groups is 2. The van der Waals surface area contributed by atoms with E-state index in [1.807, 2.05) is 0 Å². The van der Waals surface area contributed by atoms with Gasteiger partial charge in [-0.25, -0.2) is 9.59 Å². The maximum atomic E-state index is 11.8. The van der Waals surface area contributed by atoms with E-state index in [9.17, 15) is 9.59 Å². The van der Waals surface area contributed by atoms with E-state index in [1.165, 1.54) is 7.11 Å². The van der Waals surface area contributed by atoms with Gasteiger partial charge in [-0.2, -0.15) is 0 Å². The molecule has 0 fully saturated rings. The second kappa shape index (κ2) is 6.42. The highest BCUT2D eigenvalue weighted by molar-refractivity contribution is 5.95. The van der Waals surface area contributed by atoms with Crippen molar-refractivity contribution in [1.82, 2.24) is 0 Å². The highest BCUT2D eigenvalue weighted by Gasteiger charge is 2.16. The van der Waals surface area contributed by atoms with E-state index >= 15 is 0 Å². The van der Waals surface area contributed by atoms with Crippen molar-refractivity contribution in [3.8, 4) is 0 Å². The second-order valence-electron chi connectivity index (χ2n) is 3.70. The lowest BCUT2D eigenvalue weighted by Gasteiger charge is -2.04. The van der Waals surface area contributed by atoms with Gasteiger partial charge in [0.25, 0.3) is 5.76 Å². The molecule has 0 aliphatic rings. The van der Waals surface area contributed by atoms with Crippen LogP contribution in [0.3, 0.4) is 0 Å². The first-order valence-electron chi connectivity index (χ1n) is 5.34. The van der Waals surface area contributed by atoms with Gasteiger partial charge in [-0.1, -0.05) is 23.9 Å². The number of hydrogen-bond donors (Lipinski definition) is 0. The van der Waals surface area contributed by atoms with Crippen molar-refractivity contribution in [1.29, 1.82) is 0 Å².